The summed E-state index contributed by atoms with van der Waals surface area (Å²) in [7, 11) is 0. The molecule has 0 aliphatic rings. The first-order chi connectivity index (χ1) is 7.67. The van der Waals surface area contributed by atoms with Crippen LogP contribution in [0.2, 0.25) is 0 Å². The van der Waals surface area contributed by atoms with Crippen LogP contribution < -0.4 is 5.32 Å². The minimum atomic E-state index is 0.247. The fourth-order valence-corrected chi connectivity index (χ4v) is 1.61. The molecule has 0 aliphatic heterocycles. The number of hydrogen-bond acceptors (Lipinski definition) is 2. The predicted octanol–water partition coefficient (Wildman–Crippen LogP) is 2.41. The summed E-state index contributed by atoms with van der Waals surface area (Å²) in [5.41, 5.74) is 0. The maximum atomic E-state index is 12.0. The Bertz CT molecular complexity index is 183. The number of carbonyl (C=O) groups is 1. The average molecular weight is 228 g/mol. The van der Waals surface area contributed by atoms with Crippen molar-refractivity contribution < 1.29 is 4.79 Å². The van der Waals surface area contributed by atoms with Gasteiger partial charge in [0.05, 0.1) is 6.54 Å². The smallest absolute Gasteiger partial charge is 0.236 e. The number of amides is 1. The number of nitrogens with zero attached hydrogens (tertiary/aromatic N) is 1. The minimum absolute atomic E-state index is 0.247. The molecule has 0 saturated carbocycles. The first-order valence-corrected chi connectivity index (χ1v) is 6.67. The van der Waals surface area contributed by atoms with E-state index in [0.717, 1.165) is 38.8 Å². The van der Waals surface area contributed by atoms with Crippen molar-refractivity contribution >= 4 is 5.91 Å². The summed E-state index contributed by atoms with van der Waals surface area (Å²) in [6.45, 7) is 10.9. The van der Waals surface area contributed by atoms with Crippen LogP contribution in [0.15, 0.2) is 0 Å². The second kappa shape index (κ2) is 9.64. The molecule has 16 heavy (non-hydrogen) atoms. The minimum Gasteiger partial charge on any atom is -0.339 e. The number of hydrogen-bond donors (Lipinski definition) is 1. The van der Waals surface area contributed by atoms with Crippen LogP contribution in [-0.2, 0) is 4.79 Å². The van der Waals surface area contributed by atoms with Crippen molar-refractivity contribution in [3.63, 3.8) is 0 Å². The fourth-order valence-electron chi connectivity index (χ4n) is 1.61. The molecule has 0 fully saturated rings. The van der Waals surface area contributed by atoms with Crippen LogP contribution in [-0.4, -0.2) is 36.5 Å². The maximum Gasteiger partial charge on any atom is 0.236 e. The zero-order chi connectivity index (χ0) is 12.4. The highest BCUT2D eigenvalue weighted by Crippen LogP contribution is 2.05. The van der Waals surface area contributed by atoms with Crippen molar-refractivity contribution in [2.24, 2.45) is 0 Å². The number of nitrogens with one attached hydrogen (secondary N) is 1. The lowest BCUT2D eigenvalue weighted by atomic mass is 10.2. The van der Waals surface area contributed by atoms with E-state index < -0.39 is 0 Å². The third-order valence-corrected chi connectivity index (χ3v) is 2.90. The van der Waals surface area contributed by atoms with Gasteiger partial charge < -0.3 is 10.2 Å². The highest BCUT2D eigenvalue weighted by Gasteiger charge is 2.17. The SMILES string of the molecule is CCCCN(C(=O)CNCCC)C(C)CC. The van der Waals surface area contributed by atoms with E-state index in [4.69, 9.17) is 0 Å². The van der Waals surface area contributed by atoms with Crippen LogP contribution in [0.25, 0.3) is 0 Å². The van der Waals surface area contributed by atoms with Gasteiger partial charge in [0.15, 0.2) is 0 Å². The van der Waals surface area contributed by atoms with Gasteiger partial charge in [-0.2, -0.15) is 0 Å². The van der Waals surface area contributed by atoms with Crippen LogP contribution in [0.5, 0.6) is 0 Å². The zero-order valence-corrected chi connectivity index (χ0v) is 11.4. The van der Waals surface area contributed by atoms with Crippen LogP contribution in [0, 0.1) is 0 Å². The molecule has 1 unspecified atom stereocenters. The third-order valence-electron chi connectivity index (χ3n) is 2.90. The normalized spacial score (nSPS) is 12.5. The van der Waals surface area contributed by atoms with Gasteiger partial charge in [0, 0.05) is 12.6 Å². The lowest BCUT2D eigenvalue weighted by molar-refractivity contribution is -0.132. The highest BCUT2D eigenvalue weighted by molar-refractivity contribution is 5.78. The summed E-state index contributed by atoms with van der Waals surface area (Å²) in [6.07, 6.45) is 4.35. The van der Waals surface area contributed by atoms with E-state index in [1.807, 2.05) is 4.90 Å². The van der Waals surface area contributed by atoms with Gasteiger partial charge in [-0.05, 0) is 32.7 Å². The first-order valence-electron chi connectivity index (χ1n) is 6.67. The van der Waals surface area contributed by atoms with Gasteiger partial charge in [0.1, 0.15) is 0 Å². The molecule has 0 radical (unpaired) electrons. The molecular formula is C13H28N2O. The van der Waals surface area contributed by atoms with Crippen LogP contribution >= 0.6 is 0 Å². The summed E-state index contributed by atoms with van der Waals surface area (Å²) in [5, 5.41) is 3.18. The van der Waals surface area contributed by atoms with Crippen molar-refractivity contribution in [2.45, 2.75) is 59.4 Å². The quantitative estimate of drug-likeness (QED) is 0.615. The van der Waals surface area contributed by atoms with Gasteiger partial charge in [-0.1, -0.05) is 27.2 Å². The lowest BCUT2D eigenvalue weighted by Gasteiger charge is -2.28. The Kier molecular flexibility index (Phi) is 9.30. The Morgan fingerprint density at radius 3 is 2.44 bits per heavy atom. The highest BCUT2D eigenvalue weighted by atomic mass is 16.2. The molecule has 96 valence electrons. The van der Waals surface area contributed by atoms with Gasteiger partial charge in [-0.3, -0.25) is 4.79 Å². The van der Waals surface area contributed by atoms with E-state index in [1.165, 1.54) is 0 Å². The van der Waals surface area contributed by atoms with Gasteiger partial charge in [-0.15, -0.1) is 0 Å². The van der Waals surface area contributed by atoms with Crippen molar-refractivity contribution in [3.05, 3.63) is 0 Å². The van der Waals surface area contributed by atoms with E-state index in [1.54, 1.807) is 0 Å². The molecule has 0 aromatic rings. The van der Waals surface area contributed by atoms with E-state index in [0.29, 0.717) is 12.6 Å². The van der Waals surface area contributed by atoms with Crippen LogP contribution in [0.4, 0.5) is 0 Å². The van der Waals surface area contributed by atoms with Crippen LogP contribution in [0.1, 0.15) is 53.4 Å². The molecule has 1 N–H and O–H groups in total. The van der Waals surface area contributed by atoms with Crippen LogP contribution in [0.3, 0.4) is 0 Å². The lowest BCUT2D eigenvalue weighted by Crippen LogP contribution is -2.43. The van der Waals surface area contributed by atoms with Gasteiger partial charge in [0.2, 0.25) is 5.91 Å². The average Bonchev–Trinajstić information content (AvgIpc) is 2.29. The Labute approximate surface area is 101 Å². The molecule has 0 rings (SSSR count). The number of carbonyl (C=O) groups excluding carboxylic acids is 1. The van der Waals surface area contributed by atoms with E-state index in [2.05, 4.69) is 33.0 Å². The Morgan fingerprint density at radius 2 is 1.94 bits per heavy atom. The predicted molar refractivity (Wildman–Crippen MR) is 69.5 cm³/mol. The molecule has 3 heteroatoms. The first kappa shape index (κ1) is 15.4. The third kappa shape index (κ3) is 6.11. The molecule has 0 spiro atoms. The summed E-state index contributed by atoms with van der Waals surface area (Å²) in [5.74, 6) is 0.247. The van der Waals surface area contributed by atoms with Crippen molar-refractivity contribution in [3.8, 4) is 0 Å². The van der Waals surface area contributed by atoms with Gasteiger partial charge >= 0.3 is 0 Å². The number of unbranched alkanes of at least 4 members (excludes halogenated alkanes) is 1. The number of rotatable bonds is 9. The second-order valence-corrected chi connectivity index (χ2v) is 4.37. The Morgan fingerprint density at radius 1 is 1.25 bits per heavy atom. The summed E-state index contributed by atoms with van der Waals surface area (Å²) in [6, 6.07) is 0.363. The topological polar surface area (TPSA) is 32.3 Å². The molecule has 3 nitrogen and oxygen atoms in total. The zero-order valence-electron chi connectivity index (χ0n) is 11.4. The van der Waals surface area contributed by atoms with Crippen molar-refractivity contribution in [1.82, 2.24) is 10.2 Å². The molecular weight excluding hydrogens is 200 g/mol. The van der Waals surface area contributed by atoms with Crippen molar-refractivity contribution in [2.75, 3.05) is 19.6 Å². The van der Waals surface area contributed by atoms with E-state index >= 15 is 0 Å². The largest absolute Gasteiger partial charge is 0.339 e. The molecule has 1 atom stereocenters. The molecule has 0 aromatic carbocycles. The van der Waals surface area contributed by atoms with Crippen molar-refractivity contribution in [1.29, 1.82) is 0 Å². The van der Waals surface area contributed by atoms with E-state index in [-0.39, 0.29) is 5.91 Å². The Hall–Kier alpha value is -0.570. The summed E-state index contributed by atoms with van der Waals surface area (Å²) in [4.78, 5) is 14.0. The molecule has 0 saturated heterocycles. The molecule has 0 bridgehead atoms. The molecule has 0 aromatic heterocycles. The Balaban J connectivity index is 4.09. The summed E-state index contributed by atoms with van der Waals surface area (Å²) >= 11 is 0. The van der Waals surface area contributed by atoms with E-state index in [9.17, 15) is 4.79 Å². The second-order valence-electron chi connectivity index (χ2n) is 4.37. The van der Waals surface area contributed by atoms with Gasteiger partial charge in [0.25, 0.3) is 0 Å². The molecule has 0 aliphatic carbocycles. The maximum absolute atomic E-state index is 12.0. The molecule has 0 heterocycles. The monoisotopic (exact) mass is 228 g/mol. The summed E-state index contributed by atoms with van der Waals surface area (Å²) < 4.78 is 0. The molecule has 1 amide bonds. The fraction of sp³-hybridized carbons (Fsp3) is 0.923. The standard InChI is InChI=1S/C13H28N2O/c1-5-8-10-15(12(4)7-3)13(16)11-14-9-6-2/h12,14H,5-11H2,1-4H3. The van der Waals surface area contributed by atoms with Gasteiger partial charge in [-0.25, -0.2) is 0 Å².